The fourth-order valence-electron chi connectivity index (χ4n) is 4.14. The Bertz CT molecular complexity index is 436. The van der Waals surface area contributed by atoms with E-state index in [1.54, 1.807) is 0 Å². The molecule has 0 spiro atoms. The number of thioether (sulfide) groups is 2. The van der Waals surface area contributed by atoms with Crippen LogP contribution in [0.1, 0.15) is 67.2 Å². The zero-order chi connectivity index (χ0) is 22.7. The van der Waals surface area contributed by atoms with Crippen molar-refractivity contribution in [3.63, 3.8) is 0 Å². The number of hydrogen-bond acceptors (Lipinski definition) is 7. The summed E-state index contributed by atoms with van der Waals surface area (Å²) in [6.45, 7) is 20.2. The lowest BCUT2D eigenvalue weighted by Crippen LogP contribution is -2.55. The summed E-state index contributed by atoms with van der Waals surface area (Å²) in [6.07, 6.45) is 5.31. The van der Waals surface area contributed by atoms with Crippen LogP contribution in [0.5, 0.6) is 0 Å². The van der Waals surface area contributed by atoms with Crippen molar-refractivity contribution in [3.8, 4) is 0 Å². The Labute approximate surface area is 201 Å². The quantitative estimate of drug-likeness (QED) is 0.430. The van der Waals surface area contributed by atoms with Crippen molar-refractivity contribution in [2.75, 3.05) is 50.8 Å². The molecule has 0 radical (unpaired) electrons. The highest BCUT2D eigenvalue weighted by molar-refractivity contribution is 8.00. The predicted octanol–water partition coefficient (Wildman–Crippen LogP) is 3.06. The van der Waals surface area contributed by atoms with Crippen molar-refractivity contribution in [2.45, 2.75) is 101 Å². The van der Waals surface area contributed by atoms with Gasteiger partial charge in [-0.3, -0.25) is 0 Å². The van der Waals surface area contributed by atoms with E-state index in [0.717, 1.165) is 50.8 Å². The zero-order valence-electron chi connectivity index (χ0n) is 21.1. The van der Waals surface area contributed by atoms with Crippen LogP contribution in [-0.2, 0) is 0 Å². The van der Waals surface area contributed by atoms with Gasteiger partial charge in [-0.15, -0.1) is 0 Å². The van der Waals surface area contributed by atoms with Crippen LogP contribution in [0.2, 0.25) is 0 Å². The van der Waals surface area contributed by atoms with Crippen LogP contribution in [-0.4, -0.2) is 84.4 Å². The molecule has 184 valence electrons. The second kappa shape index (κ2) is 14.0. The summed E-state index contributed by atoms with van der Waals surface area (Å²) in [6, 6.07) is 2.23. The first-order valence-electron chi connectivity index (χ1n) is 12.5. The maximum absolute atomic E-state index is 3.96. The summed E-state index contributed by atoms with van der Waals surface area (Å²) in [4.78, 5) is 0. The van der Waals surface area contributed by atoms with Gasteiger partial charge in [0, 0.05) is 84.4 Å². The molecule has 1 aliphatic heterocycles. The molecule has 1 aliphatic carbocycles. The van der Waals surface area contributed by atoms with E-state index in [2.05, 4.69) is 91.7 Å². The van der Waals surface area contributed by atoms with E-state index >= 15 is 0 Å². The minimum absolute atomic E-state index is 0.317. The average molecular weight is 474 g/mol. The average Bonchev–Trinajstić information content (AvgIpc) is 2.69. The minimum Gasteiger partial charge on any atom is -0.314 e. The summed E-state index contributed by atoms with van der Waals surface area (Å²) >= 11 is 4.15. The maximum Gasteiger partial charge on any atom is 0.0283 e. The molecule has 7 heteroatoms. The van der Waals surface area contributed by atoms with Gasteiger partial charge in [0.05, 0.1) is 0 Å². The summed E-state index contributed by atoms with van der Waals surface area (Å²) in [7, 11) is 0. The van der Waals surface area contributed by atoms with Gasteiger partial charge >= 0.3 is 0 Å². The lowest BCUT2D eigenvalue weighted by Gasteiger charge is -2.36. The molecule has 1 saturated carbocycles. The SMILES string of the molecule is CC(C)(C)SC[C@H]1CNC2CCCCC2NC[C@H](CSC(C)(C)C)NCCNCCN1. The van der Waals surface area contributed by atoms with E-state index in [0.29, 0.717) is 33.7 Å². The Kier molecular flexibility index (Phi) is 12.6. The van der Waals surface area contributed by atoms with Gasteiger partial charge in [0.25, 0.3) is 0 Å². The van der Waals surface area contributed by atoms with Crippen molar-refractivity contribution in [1.29, 1.82) is 0 Å². The molecular weight excluding hydrogens is 422 g/mol. The second-order valence-corrected chi connectivity index (χ2v) is 14.9. The number of fused-ring (bicyclic) bond motifs is 1. The second-order valence-electron chi connectivity index (χ2n) is 11.2. The van der Waals surface area contributed by atoms with Crippen LogP contribution in [0.3, 0.4) is 0 Å². The highest BCUT2D eigenvalue weighted by atomic mass is 32.2. The van der Waals surface area contributed by atoms with Gasteiger partial charge in [0.15, 0.2) is 0 Å². The standard InChI is InChI=1S/C24H51N5S2/c1-23(2,3)30-17-19-15-28-21-9-7-8-10-22(21)29-16-20(18-31-24(4,5)6)27-14-12-25-11-13-26-19/h19-22,25-29H,7-18H2,1-6H3/t19-,20-,21?,22?/m1/s1. The molecule has 0 amide bonds. The van der Waals surface area contributed by atoms with E-state index in [9.17, 15) is 0 Å². The van der Waals surface area contributed by atoms with Gasteiger partial charge in [-0.25, -0.2) is 0 Å². The van der Waals surface area contributed by atoms with Crippen LogP contribution < -0.4 is 26.6 Å². The largest absolute Gasteiger partial charge is 0.314 e. The van der Waals surface area contributed by atoms with Gasteiger partial charge in [0.2, 0.25) is 0 Å². The van der Waals surface area contributed by atoms with E-state index in [-0.39, 0.29) is 0 Å². The highest BCUT2D eigenvalue weighted by Gasteiger charge is 2.27. The van der Waals surface area contributed by atoms with Crippen molar-refractivity contribution in [3.05, 3.63) is 0 Å². The van der Waals surface area contributed by atoms with Crippen molar-refractivity contribution >= 4 is 23.5 Å². The Morgan fingerprint density at radius 1 is 0.613 bits per heavy atom. The van der Waals surface area contributed by atoms with Crippen molar-refractivity contribution in [1.82, 2.24) is 26.6 Å². The van der Waals surface area contributed by atoms with Crippen LogP contribution in [0, 0.1) is 0 Å². The lowest BCUT2D eigenvalue weighted by molar-refractivity contribution is 0.272. The Hall–Kier alpha value is 0.500. The Balaban J connectivity index is 1.96. The molecule has 5 N–H and O–H groups in total. The topological polar surface area (TPSA) is 60.1 Å². The molecule has 2 unspecified atom stereocenters. The van der Waals surface area contributed by atoms with Crippen molar-refractivity contribution < 1.29 is 0 Å². The fourth-order valence-corrected chi connectivity index (χ4v) is 6.02. The van der Waals surface area contributed by atoms with E-state index in [4.69, 9.17) is 0 Å². The molecule has 0 aromatic carbocycles. The van der Waals surface area contributed by atoms with Crippen LogP contribution >= 0.6 is 23.5 Å². The van der Waals surface area contributed by atoms with Crippen LogP contribution in [0.4, 0.5) is 0 Å². The number of nitrogens with one attached hydrogen (secondary N) is 5. The van der Waals surface area contributed by atoms with E-state index < -0.39 is 0 Å². The molecule has 0 bridgehead atoms. The number of hydrogen-bond donors (Lipinski definition) is 5. The third-order valence-corrected chi connectivity index (χ3v) is 8.79. The Morgan fingerprint density at radius 3 is 1.42 bits per heavy atom. The Morgan fingerprint density at radius 2 is 1.03 bits per heavy atom. The van der Waals surface area contributed by atoms with Gasteiger partial charge in [-0.2, -0.15) is 23.5 Å². The predicted molar refractivity (Wildman–Crippen MR) is 143 cm³/mol. The smallest absolute Gasteiger partial charge is 0.0283 e. The molecule has 0 aromatic rings. The van der Waals surface area contributed by atoms with Gasteiger partial charge in [-0.05, 0) is 12.8 Å². The van der Waals surface area contributed by atoms with Gasteiger partial charge in [-0.1, -0.05) is 54.4 Å². The third kappa shape index (κ3) is 13.1. The molecular formula is C24H51N5S2. The molecule has 4 atom stereocenters. The molecule has 1 heterocycles. The number of rotatable bonds is 4. The minimum atomic E-state index is 0.317. The first-order valence-corrected chi connectivity index (χ1v) is 14.5. The molecule has 31 heavy (non-hydrogen) atoms. The maximum atomic E-state index is 3.96. The fraction of sp³-hybridized carbons (Fsp3) is 1.00. The summed E-state index contributed by atoms with van der Waals surface area (Å²) < 4.78 is 0.634. The van der Waals surface area contributed by atoms with E-state index in [1.165, 1.54) is 25.7 Å². The van der Waals surface area contributed by atoms with Crippen LogP contribution in [0.25, 0.3) is 0 Å². The first kappa shape index (κ1) is 27.7. The summed E-state index contributed by atoms with van der Waals surface area (Å²) in [5, 5.41) is 19.2. The highest BCUT2D eigenvalue weighted by Crippen LogP contribution is 2.25. The molecule has 2 fully saturated rings. The molecule has 1 saturated heterocycles. The van der Waals surface area contributed by atoms with Crippen molar-refractivity contribution in [2.24, 2.45) is 0 Å². The third-order valence-electron chi connectivity index (χ3n) is 5.92. The molecule has 0 aromatic heterocycles. The molecule has 5 nitrogen and oxygen atoms in total. The zero-order valence-corrected chi connectivity index (χ0v) is 22.7. The summed E-state index contributed by atoms with van der Waals surface area (Å²) in [5.41, 5.74) is 0. The van der Waals surface area contributed by atoms with Gasteiger partial charge < -0.3 is 26.6 Å². The molecule has 2 rings (SSSR count). The van der Waals surface area contributed by atoms with Gasteiger partial charge in [0.1, 0.15) is 0 Å². The lowest BCUT2D eigenvalue weighted by atomic mass is 9.90. The summed E-state index contributed by atoms with van der Waals surface area (Å²) in [5.74, 6) is 2.32. The first-order chi connectivity index (χ1) is 14.6. The van der Waals surface area contributed by atoms with Crippen LogP contribution in [0.15, 0.2) is 0 Å². The molecule has 2 aliphatic rings. The monoisotopic (exact) mass is 473 g/mol. The normalized spacial score (nSPS) is 30.8. The van der Waals surface area contributed by atoms with E-state index in [1.807, 2.05) is 0 Å².